The average Bonchev–Trinajstić information content (AvgIpc) is 2.34. The van der Waals surface area contributed by atoms with Crippen LogP contribution >= 0.6 is 0 Å². The molecule has 0 amide bonds. The smallest absolute Gasteiger partial charge is 0.378 e. The van der Waals surface area contributed by atoms with E-state index in [1.54, 1.807) is 0 Å². The summed E-state index contributed by atoms with van der Waals surface area (Å²) in [7, 11) is 0. The molecule has 0 aliphatic carbocycles. The Labute approximate surface area is 59.8 Å². The number of aromatic nitrogens is 2. The van der Waals surface area contributed by atoms with Gasteiger partial charge in [0.2, 0.25) is 0 Å². The summed E-state index contributed by atoms with van der Waals surface area (Å²) in [4.78, 5) is 0. The lowest BCUT2D eigenvalue weighted by Crippen LogP contribution is -2.20. The van der Waals surface area contributed by atoms with E-state index in [-0.39, 0.29) is 5.69 Å². The van der Waals surface area contributed by atoms with Crippen LogP contribution in [0, 0.1) is 0 Å². The number of hydrogen-bond donors (Lipinski definition) is 2. The first kappa shape index (κ1) is 8.06. The highest BCUT2D eigenvalue weighted by molar-refractivity contribution is 5.03. The van der Waals surface area contributed by atoms with Crippen molar-refractivity contribution >= 4 is 0 Å². The number of aliphatic hydroxyl groups excluding tert-OH is 1. The van der Waals surface area contributed by atoms with Gasteiger partial charge in [-0.2, -0.15) is 18.3 Å². The van der Waals surface area contributed by atoms with Crippen molar-refractivity contribution < 1.29 is 18.3 Å². The Balaban J connectivity index is 2.78. The molecular formula is C5H5F3N2O. The van der Waals surface area contributed by atoms with Crippen LogP contribution in [0.25, 0.3) is 0 Å². The predicted molar refractivity (Wildman–Crippen MR) is 29.6 cm³/mol. The van der Waals surface area contributed by atoms with E-state index >= 15 is 0 Å². The zero-order chi connectivity index (χ0) is 8.48. The monoisotopic (exact) mass is 166 g/mol. The van der Waals surface area contributed by atoms with Gasteiger partial charge in [0.15, 0.2) is 6.10 Å². The van der Waals surface area contributed by atoms with Gasteiger partial charge < -0.3 is 5.11 Å². The number of H-pyrrole nitrogens is 1. The summed E-state index contributed by atoms with van der Waals surface area (Å²) in [6, 6.07) is 1.07. The van der Waals surface area contributed by atoms with Crippen LogP contribution in [0.1, 0.15) is 11.8 Å². The topological polar surface area (TPSA) is 48.9 Å². The number of rotatable bonds is 1. The largest absolute Gasteiger partial charge is 0.420 e. The van der Waals surface area contributed by atoms with Crippen molar-refractivity contribution in [3.05, 3.63) is 18.0 Å². The fourth-order valence-corrected chi connectivity index (χ4v) is 0.595. The SMILES string of the molecule is O[C@@H](c1ccn[nH]1)C(F)(F)F. The summed E-state index contributed by atoms with van der Waals surface area (Å²) in [5.74, 6) is 0. The average molecular weight is 166 g/mol. The molecule has 6 heteroatoms. The van der Waals surface area contributed by atoms with Crippen molar-refractivity contribution in [2.24, 2.45) is 0 Å². The van der Waals surface area contributed by atoms with Crippen LogP contribution < -0.4 is 0 Å². The Hall–Kier alpha value is -1.04. The summed E-state index contributed by atoms with van der Waals surface area (Å²) >= 11 is 0. The van der Waals surface area contributed by atoms with Gasteiger partial charge in [-0.3, -0.25) is 5.10 Å². The minimum Gasteiger partial charge on any atom is -0.378 e. The molecular weight excluding hydrogens is 161 g/mol. The van der Waals surface area contributed by atoms with Crippen molar-refractivity contribution in [3.8, 4) is 0 Å². The first-order valence-corrected chi connectivity index (χ1v) is 2.76. The summed E-state index contributed by atoms with van der Waals surface area (Å²) in [5.41, 5.74) is -0.350. The number of alkyl halides is 3. The quantitative estimate of drug-likeness (QED) is 0.653. The highest BCUT2D eigenvalue weighted by atomic mass is 19.4. The van der Waals surface area contributed by atoms with Crippen LogP contribution in [0.3, 0.4) is 0 Å². The van der Waals surface area contributed by atoms with Gasteiger partial charge in [-0.1, -0.05) is 0 Å². The molecule has 0 unspecified atom stereocenters. The molecule has 62 valence electrons. The van der Waals surface area contributed by atoms with Crippen LogP contribution in [0.4, 0.5) is 13.2 Å². The lowest BCUT2D eigenvalue weighted by molar-refractivity contribution is -0.207. The Morgan fingerprint density at radius 3 is 2.55 bits per heavy atom. The molecule has 0 radical (unpaired) electrons. The number of nitrogens with zero attached hydrogens (tertiary/aromatic N) is 1. The van der Waals surface area contributed by atoms with E-state index in [1.807, 2.05) is 5.10 Å². The molecule has 3 nitrogen and oxygen atoms in total. The van der Waals surface area contributed by atoms with Gasteiger partial charge in [-0.15, -0.1) is 0 Å². The molecule has 1 atom stereocenters. The normalized spacial score (nSPS) is 14.9. The summed E-state index contributed by atoms with van der Waals surface area (Å²) in [6.07, 6.45) is -5.96. The minimum atomic E-state index is -4.63. The number of nitrogens with one attached hydrogen (secondary N) is 1. The first-order chi connectivity index (χ1) is 5.02. The highest BCUT2D eigenvalue weighted by Crippen LogP contribution is 2.30. The van der Waals surface area contributed by atoms with Gasteiger partial charge in [-0.25, -0.2) is 0 Å². The van der Waals surface area contributed by atoms with E-state index in [0.29, 0.717) is 0 Å². The van der Waals surface area contributed by atoms with Gasteiger partial charge in [0, 0.05) is 6.20 Å². The van der Waals surface area contributed by atoms with E-state index in [4.69, 9.17) is 5.11 Å². The Bertz CT molecular complexity index is 218. The molecule has 0 saturated carbocycles. The second kappa shape index (κ2) is 2.54. The second-order valence-corrected chi connectivity index (χ2v) is 1.96. The van der Waals surface area contributed by atoms with E-state index < -0.39 is 12.3 Å². The van der Waals surface area contributed by atoms with E-state index in [0.717, 1.165) is 12.3 Å². The maximum atomic E-state index is 11.7. The lowest BCUT2D eigenvalue weighted by atomic mass is 10.2. The molecule has 0 fully saturated rings. The maximum absolute atomic E-state index is 11.7. The minimum absolute atomic E-state index is 0.350. The Kier molecular flexibility index (Phi) is 1.86. The van der Waals surface area contributed by atoms with Crippen LogP contribution in [0.5, 0.6) is 0 Å². The molecule has 0 aliphatic rings. The van der Waals surface area contributed by atoms with E-state index in [2.05, 4.69) is 5.10 Å². The second-order valence-electron chi connectivity index (χ2n) is 1.96. The number of halogens is 3. The highest BCUT2D eigenvalue weighted by Gasteiger charge is 2.40. The molecule has 0 aliphatic heterocycles. The molecule has 0 bridgehead atoms. The van der Waals surface area contributed by atoms with Crippen molar-refractivity contribution in [3.63, 3.8) is 0 Å². The molecule has 1 aromatic heterocycles. The zero-order valence-electron chi connectivity index (χ0n) is 5.26. The standard InChI is InChI=1S/C5H5F3N2O/c6-5(7,8)4(11)3-1-2-9-10-3/h1-2,4,11H,(H,9,10)/t4-/m0/s1. The Morgan fingerprint density at radius 2 is 2.18 bits per heavy atom. The van der Waals surface area contributed by atoms with E-state index in [9.17, 15) is 13.2 Å². The van der Waals surface area contributed by atoms with Gasteiger partial charge in [0.25, 0.3) is 0 Å². The molecule has 11 heavy (non-hydrogen) atoms. The maximum Gasteiger partial charge on any atom is 0.420 e. The number of aliphatic hydroxyl groups is 1. The molecule has 0 aromatic carbocycles. The summed E-state index contributed by atoms with van der Waals surface area (Å²) in [6.45, 7) is 0. The van der Waals surface area contributed by atoms with Crippen LogP contribution in [-0.2, 0) is 0 Å². The van der Waals surface area contributed by atoms with Crippen LogP contribution in [0.15, 0.2) is 12.3 Å². The zero-order valence-corrected chi connectivity index (χ0v) is 5.26. The van der Waals surface area contributed by atoms with Crippen LogP contribution in [0.2, 0.25) is 0 Å². The Morgan fingerprint density at radius 1 is 1.55 bits per heavy atom. The molecule has 1 heterocycles. The first-order valence-electron chi connectivity index (χ1n) is 2.76. The van der Waals surface area contributed by atoms with Crippen molar-refractivity contribution in [1.29, 1.82) is 0 Å². The molecule has 0 saturated heterocycles. The third-order valence-corrected chi connectivity index (χ3v) is 1.13. The van der Waals surface area contributed by atoms with Gasteiger partial charge >= 0.3 is 6.18 Å². The van der Waals surface area contributed by atoms with Crippen molar-refractivity contribution in [2.75, 3.05) is 0 Å². The molecule has 1 aromatic rings. The number of hydrogen-bond acceptors (Lipinski definition) is 2. The van der Waals surface area contributed by atoms with Gasteiger partial charge in [0.1, 0.15) is 0 Å². The molecule has 1 rings (SSSR count). The van der Waals surface area contributed by atoms with E-state index in [1.165, 1.54) is 0 Å². The predicted octanol–water partition coefficient (Wildman–Crippen LogP) is 1.01. The molecule has 0 spiro atoms. The summed E-state index contributed by atoms with van der Waals surface area (Å²) < 4.78 is 35.1. The van der Waals surface area contributed by atoms with Crippen molar-refractivity contribution in [1.82, 2.24) is 10.2 Å². The molecule has 2 N–H and O–H groups in total. The summed E-state index contributed by atoms with van der Waals surface area (Å²) in [5, 5.41) is 13.8. The lowest BCUT2D eigenvalue weighted by Gasteiger charge is -2.11. The third kappa shape index (κ3) is 1.70. The van der Waals surface area contributed by atoms with Crippen molar-refractivity contribution in [2.45, 2.75) is 12.3 Å². The van der Waals surface area contributed by atoms with Gasteiger partial charge in [0.05, 0.1) is 5.69 Å². The third-order valence-electron chi connectivity index (χ3n) is 1.13. The number of aromatic amines is 1. The fraction of sp³-hybridized carbons (Fsp3) is 0.400. The fourth-order valence-electron chi connectivity index (χ4n) is 0.595. The van der Waals surface area contributed by atoms with Gasteiger partial charge in [-0.05, 0) is 6.07 Å². The van der Waals surface area contributed by atoms with Crippen LogP contribution in [-0.4, -0.2) is 21.5 Å².